The maximum absolute atomic E-state index is 12.2. The number of hydrogen-bond acceptors (Lipinski definition) is 4. The van der Waals surface area contributed by atoms with Gasteiger partial charge in [0.2, 0.25) is 10.0 Å². The van der Waals surface area contributed by atoms with Crippen molar-refractivity contribution in [2.45, 2.75) is 38.6 Å². The van der Waals surface area contributed by atoms with Crippen LogP contribution < -0.4 is 10.6 Å². The zero-order valence-electron chi connectivity index (χ0n) is 14.9. The summed E-state index contributed by atoms with van der Waals surface area (Å²) in [5.41, 5.74) is 5.48. The molecule has 1 amide bonds. The molecule has 3 N–H and O–H groups in total. The molecule has 0 saturated heterocycles. The topological polar surface area (TPSA) is 107 Å². The van der Waals surface area contributed by atoms with E-state index in [0.717, 1.165) is 23.0 Å². The predicted molar refractivity (Wildman–Crippen MR) is 102 cm³/mol. The summed E-state index contributed by atoms with van der Waals surface area (Å²) in [5, 5.41) is 8.99. The van der Waals surface area contributed by atoms with Gasteiger partial charge in [0.1, 0.15) is 4.90 Å². The Morgan fingerprint density at radius 2 is 1.96 bits per heavy atom. The summed E-state index contributed by atoms with van der Waals surface area (Å²) in [6.07, 6.45) is 1.55. The first-order valence-electron chi connectivity index (χ1n) is 7.86. The summed E-state index contributed by atoms with van der Waals surface area (Å²) in [5.74, 6) is -0.569. The number of rotatable bonds is 5. The minimum Gasteiger partial charge on any atom is -0.346 e. The van der Waals surface area contributed by atoms with E-state index in [0.29, 0.717) is 6.04 Å². The maximum Gasteiger partial charge on any atom is 0.271 e. The molecule has 1 heterocycles. The van der Waals surface area contributed by atoms with Crippen molar-refractivity contribution in [3.63, 3.8) is 0 Å². The van der Waals surface area contributed by atoms with Gasteiger partial charge in [-0.1, -0.05) is 11.6 Å². The lowest BCUT2D eigenvalue weighted by molar-refractivity contribution is 0.0955. The largest absolute Gasteiger partial charge is 0.346 e. The van der Waals surface area contributed by atoms with Gasteiger partial charge in [0.05, 0.1) is 11.2 Å². The van der Waals surface area contributed by atoms with Gasteiger partial charge in [0, 0.05) is 28.6 Å². The number of carbonyl (C=O) groups is 1. The number of sulfonamides is 1. The third kappa shape index (κ3) is 4.32. The lowest BCUT2D eigenvalue weighted by atomic mass is 10.2. The number of aryl methyl sites for hydroxylation is 1. The van der Waals surface area contributed by atoms with Gasteiger partial charge >= 0.3 is 0 Å². The molecule has 1 aromatic carbocycles. The molecule has 0 saturated carbocycles. The summed E-state index contributed by atoms with van der Waals surface area (Å²) < 4.78 is 25.1. The molecular formula is C17H21ClN4O3S. The maximum atomic E-state index is 12.2. The Morgan fingerprint density at radius 3 is 2.50 bits per heavy atom. The highest BCUT2D eigenvalue weighted by Crippen LogP contribution is 2.21. The summed E-state index contributed by atoms with van der Waals surface area (Å²) >= 11 is 5.81. The number of hydrazone groups is 1. The summed E-state index contributed by atoms with van der Waals surface area (Å²) in [4.78, 5) is 11.9. The quantitative estimate of drug-likeness (QED) is 0.599. The molecule has 0 aliphatic rings. The fourth-order valence-electron chi connectivity index (χ4n) is 2.82. The monoisotopic (exact) mass is 396 g/mol. The second kappa shape index (κ2) is 7.61. The van der Waals surface area contributed by atoms with Gasteiger partial charge in [-0.15, -0.1) is 0 Å². The number of carbonyl (C=O) groups excluding carboxylic acids is 1. The molecular weight excluding hydrogens is 376 g/mol. The van der Waals surface area contributed by atoms with E-state index in [1.807, 2.05) is 19.9 Å². The Morgan fingerprint density at radius 1 is 1.31 bits per heavy atom. The number of nitrogens with zero attached hydrogens (tertiary/aromatic N) is 2. The van der Waals surface area contributed by atoms with Crippen LogP contribution in [0.5, 0.6) is 0 Å². The Labute approximate surface area is 157 Å². The standard InChI is InChI=1S/C17H21ClN4O3S/c1-10(2)22-11(3)7-14(12(22)4)9-20-21-17(23)13-5-6-15(18)16(8-13)26(19,24)25/h5-10H,1-4H3,(H,21,23)(H2,19,24,25)/b20-9-. The number of halogens is 1. The fraction of sp³-hybridized carbons (Fsp3) is 0.294. The Hall–Kier alpha value is -2.16. The summed E-state index contributed by atoms with van der Waals surface area (Å²) in [7, 11) is -4.02. The van der Waals surface area contributed by atoms with Crippen molar-refractivity contribution < 1.29 is 13.2 Å². The van der Waals surface area contributed by atoms with Gasteiger partial charge in [-0.05, 0) is 52.0 Å². The van der Waals surface area contributed by atoms with Crippen molar-refractivity contribution in [3.05, 3.63) is 51.8 Å². The van der Waals surface area contributed by atoms with E-state index < -0.39 is 15.9 Å². The van der Waals surface area contributed by atoms with Crippen LogP contribution in [0, 0.1) is 13.8 Å². The zero-order valence-corrected chi connectivity index (χ0v) is 16.5. The average Bonchev–Trinajstić information content (AvgIpc) is 2.80. The number of hydrogen-bond donors (Lipinski definition) is 2. The molecule has 0 bridgehead atoms. The van der Waals surface area contributed by atoms with Crippen LogP contribution in [0.1, 0.15) is 47.2 Å². The highest BCUT2D eigenvalue weighted by molar-refractivity contribution is 7.89. The minimum atomic E-state index is -4.02. The molecule has 9 heteroatoms. The molecule has 140 valence electrons. The van der Waals surface area contributed by atoms with Gasteiger partial charge in [-0.3, -0.25) is 4.79 Å². The molecule has 0 aliphatic carbocycles. The molecule has 2 rings (SSSR count). The van der Waals surface area contributed by atoms with E-state index >= 15 is 0 Å². The Balaban J connectivity index is 2.20. The third-order valence-electron chi connectivity index (χ3n) is 3.91. The number of nitrogens with one attached hydrogen (secondary N) is 1. The molecule has 0 spiro atoms. The van der Waals surface area contributed by atoms with Crippen molar-refractivity contribution in [2.24, 2.45) is 10.2 Å². The van der Waals surface area contributed by atoms with Crippen LogP contribution >= 0.6 is 11.6 Å². The molecule has 0 radical (unpaired) electrons. The normalized spacial score (nSPS) is 12.1. The van der Waals surface area contributed by atoms with Crippen LogP contribution in [-0.4, -0.2) is 25.1 Å². The molecule has 2 aromatic rings. The highest BCUT2D eigenvalue weighted by Gasteiger charge is 2.16. The van der Waals surface area contributed by atoms with Crippen molar-refractivity contribution >= 4 is 33.7 Å². The summed E-state index contributed by atoms with van der Waals surface area (Å²) in [6, 6.07) is 6.11. The SMILES string of the molecule is Cc1cc(/C=N\NC(=O)c2ccc(Cl)c(S(N)(=O)=O)c2)c(C)n1C(C)C. The summed E-state index contributed by atoms with van der Waals surface area (Å²) in [6.45, 7) is 8.16. The Kier molecular flexibility index (Phi) is 5.90. The first kappa shape index (κ1) is 20.2. The minimum absolute atomic E-state index is 0.0475. The van der Waals surface area contributed by atoms with Gasteiger partial charge in [-0.2, -0.15) is 5.10 Å². The second-order valence-electron chi connectivity index (χ2n) is 6.18. The second-order valence-corrected chi connectivity index (χ2v) is 8.12. The van der Waals surface area contributed by atoms with E-state index in [4.69, 9.17) is 16.7 Å². The van der Waals surface area contributed by atoms with Crippen molar-refractivity contribution in [2.75, 3.05) is 0 Å². The number of amides is 1. The van der Waals surface area contributed by atoms with E-state index in [1.165, 1.54) is 12.1 Å². The average molecular weight is 397 g/mol. The van der Waals surface area contributed by atoms with Crippen LogP contribution in [0.3, 0.4) is 0 Å². The van der Waals surface area contributed by atoms with Crippen LogP contribution in [0.2, 0.25) is 5.02 Å². The lowest BCUT2D eigenvalue weighted by Gasteiger charge is -2.13. The molecule has 26 heavy (non-hydrogen) atoms. The van der Waals surface area contributed by atoms with Gasteiger partial charge in [-0.25, -0.2) is 19.0 Å². The Bertz CT molecular complexity index is 978. The van der Waals surface area contributed by atoms with Crippen LogP contribution in [-0.2, 0) is 10.0 Å². The number of nitrogens with two attached hydrogens (primary N) is 1. The van der Waals surface area contributed by atoms with Crippen LogP contribution in [0.15, 0.2) is 34.3 Å². The number of benzene rings is 1. The first-order chi connectivity index (χ1) is 12.0. The lowest BCUT2D eigenvalue weighted by Crippen LogP contribution is -2.19. The first-order valence-corrected chi connectivity index (χ1v) is 9.79. The molecule has 0 fully saturated rings. The highest BCUT2D eigenvalue weighted by atomic mass is 35.5. The molecule has 0 aliphatic heterocycles. The zero-order chi connectivity index (χ0) is 19.6. The number of primary sulfonamides is 1. The molecule has 1 aromatic heterocycles. The molecule has 7 nitrogen and oxygen atoms in total. The van der Waals surface area contributed by atoms with Crippen molar-refractivity contribution in [3.8, 4) is 0 Å². The van der Waals surface area contributed by atoms with E-state index in [-0.39, 0.29) is 15.5 Å². The smallest absolute Gasteiger partial charge is 0.271 e. The van der Waals surface area contributed by atoms with Gasteiger partial charge in [0.25, 0.3) is 5.91 Å². The number of aromatic nitrogens is 1. The van der Waals surface area contributed by atoms with E-state index in [1.54, 1.807) is 6.21 Å². The fourth-order valence-corrected chi connectivity index (χ4v) is 3.89. The van der Waals surface area contributed by atoms with E-state index in [2.05, 4.69) is 28.9 Å². The van der Waals surface area contributed by atoms with E-state index in [9.17, 15) is 13.2 Å². The molecule has 0 unspecified atom stereocenters. The van der Waals surface area contributed by atoms with Gasteiger partial charge in [0.15, 0.2) is 0 Å². The third-order valence-corrected chi connectivity index (χ3v) is 5.30. The van der Waals surface area contributed by atoms with Crippen molar-refractivity contribution in [1.29, 1.82) is 0 Å². The molecule has 0 atom stereocenters. The van der Waals surface area contributed by atoms with Crippen LogP contribution in [0.4, 0.5) is 0 Å². The van der Waals surface area contributed by atoms with Gasteiger partial charge < -0.3 is 4.57 Å². The predicted octanol–water partition coefficient (Wildman–Crippen LogP) is 2.75. The van der Waals surface area contributed by atoms with Crippen molar-refractivity contribution in [1.82, 2.24) is 9.99 Å². The van der Waals surface area contributed by atoms with Crippen LogP contribution in [0.25, 0.3) is 0 Å².